The largest absolute Gasteiger partial charge is 0.351 e. The highest BCUT2D eigenvalue weighted by Gasteiger charge is 2.44. The van der Waals surface area contributed by atoms with E-state index in [0.29, 0.717) is 0 Å². The van der Waals surface area contributed by atoms with Crippen molar-refractivity contribution in [1.82, 2.24) is 4.57 Å². The molecule has 0 spiro atoms. The number of nitrogens with zero attached hydrogens (tertiary/aromatic N) is 1. The molecule has 0 atom stereocenters. The van der Waals surface area contributed by atoms with E-state index in [9.17, 15) is 0 Å². The summed E-state index contributed by atoms with van der Waals surface area (Å²) in [5, 5.41) is 4.35. The molecule has 4 rings (SSSR count). The molecule has 3 aromatic carbocycles. The van der Waals surface area contributed by atoms with Gasteiger partial charge in [0.25, 0.3) is 0 Å². The highest BCUT2D eigenvalue weighted by atomic mass is 31.2. The van der Waals surface area contributed by atoms with Crippen LogP contribution in [0.25, 0.3) is 0 Å². The molecule has 0 N–H and O–H groups in total. The van der Waals surface area contributed by atoms with Gasteiger partial charge in [-0.05, 0) is 48.5 Å². The third kappa shape index (κ3) is 3.23. The van der Waals surface area contributed by atoms with Gasteiger partial charge in [-0.3, -0.25) is 0 Å². The predicted molar refractivity (Wildman–Crippen MR) is 114 cm³/mol. The van der Waals surface area contributed by atoms with Gasteiger partial charge in [0.15, 0.2) is 0 Å². The molecule has 0 radical (unpaired) electrons. The average Bonchev–Trinajstić information content (AvgIpc) is 3.25. The van der Waals surface area contributed by atoms with Crippen LogP contribution in [0.4, 0.5) is 0 Å². The van der Waals surface area contributed by atoms with E-state index < -0.39 is 7.26 Å². The maximum absolute atomic E-state index is 2.31. The Balaban J connectivity index is 1.90. The van der Waals surface area contributed by atoms with Crippen molar-refractivity contribution in [2.45, 2.75) is 6.54 Å². The predicted octanol–water partition coefficient (Wildman–Crippen LogP) is 4.48. The Hall–Kier alpha value is -2.63. The van der Waals surface area contributed by atoms with Crippen LogP contribution < -0.4 is 15.9 Å². The third-order valence-corrected chi connectivity index (χ3v) is 9.36. The molecule has 26 heavy (non-hydrogen) atoms. The minimum absolute atomic E-state index is 1.01. The van der Waals surface area contributed by atoms with Crippen LogP contribution in [0.15, 0.2) is 116 Å². The van der Waals surface area contributed by atoms with Crippen LogP contribution in [0.5, 0.6) is 0 Å². The van der Waals surface area contributed by atoms with Crippen LogP contribution in [0.3, 0.4) is 0 Å². The van der Waals surface area contributed by atoms with Gasteiger partial charge in [0.05, 0.1) is 12.7 Å². The zero-order valence-corrected chi connectivity index (χ0v) is 15.7. The highest BCUT2D eigenvalue weighted by molar-refractivity contribution is 7.95. The van der Waals surface area contributed by atoms with Crippen LogP contribution in [-0.2, 0) is 6.54 Å². The van der Waals surface area contributed by atoms with Crippen molar-refractivity contribution in [3.8, 4) is 0 Å². The number of hydrogen-bond donors (Lipinski definition) is 0. The number of aryl methyl sites for hydroxylation is 1. The van der Waals surface area contributed by atoms with E-state index in [4.69, 9.17) is 0 Å². The lowest BCUT2D eigenvalue weighted by Gasteiger charge is -2.27. The van der Waals surface area contributed by atoms with Crippen molar-refractivity contribution in [2.24, 2.45) is 0 Å². The molecule has 0 amide bonds. The number of benzene rings is 3. The lowest BCUT2D eigenvalue weighted by Crippen LogP contribution is -2.34. The maximum atomic E-state index is 2.31. The van der Waals surface area contributed by atoms with Gasteiger partial charge >= 0.3 is 0 Å². The molecule has 1 nitrogen and oxygen atoms in total. The van der Waals surface area contributed by atoms with Gasteiger partial charge in [-0.2, -0.15) is 0 Å². The Morgan fingerprint density at radius 3 is 1.27 bits per heavy atom. The minimum atomic E-state index is -1.72. The van der Waals surface area contributed by atoms with Gasteiger partial charge in [-0.15, -0.1) is 0 Å². The molecule has 4 aromatic rings. The number of rotatable bonds is 6. The summed E-state index contributed by atoms with van der Waals surface area (Å²) in [6.07, 6.45) is 5.44. The van der Waals surface area contributed by atoms with Crippen LogP contribution in [0, 0.1) is 0 Å². The Morgan fingerprint density at radius 2 is 0.885 bits per heavy atom. The summed E-state index contributed by atoms with van der Waals surface area (Å²) >= 11 is 0. The maximum Gasteiger partial charge on any atom is 0.113 e. The lowest BCUT2D eigenvalue weighted by atomic mass is 10.4. The number of aromatic nitrogens is 1. The van der Waals surface area contributed by atoms with Crippen molar-refractivity contribution in [3.05, 3.63) is 116 Å². The summed E-state index contributed by atoms with van der Waals surface area (Å²) in [5.74, 6) is 0. The van der Waals surface area contributed by atoms with Crippen LogP contribution in [-0.4, -0.2) is 10.7 Å². The van der Waals surface area contributed by atoms with Crippen molar-refractivity contribution in [1.29, 1.82) is 0 Å². The molecule has 0 aliphatic heterocycles. The Morgan fingerprint density at radius 1 is 0.500 bits per heavy atom. The first-order valence-electron chi connectivity index (χ1n) is 9.05. The van der Waals surface area contributed by atoms with Crippen LogP contribution >= 0.6 is 7.26 Å². The fourth-order valence-corrected chi connectivity index (χ4v) is 7.91. The van der Waals surface area contributed by atoms with Crippen molar-refractivity contribution in [3.63, 3.8) is 0 Å². The Bertz CT molecular complexity index is 819. The van der Waals surface area contributed by atoms with E-state index in [0.717, 1.165) is 12.7 Å². The second kappa shape index (κ2) is 7.72. The summed E-state index contributed by atoms with van der Waals surface area (Å²) in [7, 11) is -1.72. The minimum Gasteiger partial charge on any atom is -0.351 e. The topological polar surface area (TPSA) is 4.93 Å². The monoisotopic (exact) mass is 356 g/mol. The molecule has 2 heteroatoms. The van der Waals surface area contributed by atoms with Gasteiger partial charge < -0.3 is 4.57 Å². The molecular weight excluding hydrogens is 333 g/mol. The summed E-state index contributed by atoms with van der Waals surface area (Å²) < 4.78 is 2.30. The smallest absolute Gasteiger partial charge is 0.113 e. The van der Waals surface area contributed by atoms with Gasteiger partial charge in [-0.25, -0.2) is 0 Å². The number of hydrogen-bond acceptors (Lipinski definition) is 0. The molecule has 128 valence electrons. The molecule has 0 saturated heterocycles. The van der Waals surface area contributed by atoms with E-state index in [2.05, 4.69) is 120 Å². The third-order valence-electron chi connectivity index (χ3n) is 4.95. The zero-order valence-electron chi connectivity index (χ0n) is 14.8. The summed E-state index contributed by atoms with van der Waals surface area (Å²) in [6.45, 7) is 1.01. The fraction of sp³-hybridized carbons (Fsp3) is 0.0833. The SMILES string of the molecule is c1ccc([P+](CCn2cccc2)(c2ccccc2)c2ccccc2)cc1. The second-order valence-corrected chi connectivity index (χ2v) is 10.1. The molecular formula is C24H23NP+. The molecule has 1 aromatic heterocycles. The molecule has 0 aliphatic carbocycles. The fourth-order valence-electron chi connectivity index (χ4n) is 3.67. The summed E-state index contributed by atoms with van der Waals surface area (Å²) in [6, 6.07) is 37.4. The standard InChI is InChI=1S/C24H23NP/c1-4-12-22(13-5-1)26(23-14-6-2-7-15-23,24-16-8-3-9-17-24)21-20-25-18-10-11-19-25/h1-19H,20-21H2/q+1. The van der Waals surface area contributed by atoms with Gasteiger partial charge in [0.2, 0.25) is 0 Å². The molecule has 0 saturated carbocycles. The summed E-state index contributed by atoms with van der Waals surface area (Å²) in [4.78, 5) is 0. The first-order valence-corrected chi connectivity index (χ1v) is 11.0. The normalized spacial score (nSPS) is 11.4. The highest BCUT2D eigenvalue weighted by Crippen LogP contribution is 2.55. The van der Waals surface area contributed by atoms with E-state index in [1.54, 1.807) is 0 Å². The first-order chi connectivity index (χ1) is 12.9. The van der Waals surface area contributed by atoms with Gasteiger partial charge in [-0.1, -0.05) is 54.6 Å². The molecule has 0 unspecified atom stereocenters. The van der Waals surface area contributed by atoms with Crippen LogP contribution in [0.2, 0.25) is 0 Å². The summed E-state index contributed by atoms with van der Waals surface area (Å²) in [5.41, 5.74) is 0. The first kappa shape index (κ1) is 16.8. The quantitative estimate of drug-likeness (QED) is 0.449. The van der Waals surface area contributed by atoms with E-state index in [1.807, 2.05) is 0 Å². The van der Waals surface area contributed by atoms with Crippen LogP contribution in [0.1, 0.15) is 0 Å². The van der Waals surface area contributed by atoms with E-state index in [-0.39, 0.29) is 0 Å². The van der Waals surface area contributed by atoms with E-state index in [1.165, 1.54) is 15.9 Å². The van der Waals surface area contributed by atoms with E-state index >= 15 is 0 Å². The average molecular weight is 356 g/mol. The Kier molecular flexibility index (Phi) is 5.00. The molecule has 0 aliphatic rings. The molecule has 0 fully saturated rings. The molecule has 0 bridgehead atoms. The van der Waals surface area contributed by atoms with Crippen molar-refractivity contribution >= 4 is 23.2 Å². The van der Waals surface area contributed by atoms with Gasteiger partial charge in [0, 0.05) is 12.4 Å². The second-order valence-electron chi connectivity index (χ2n) is 6.46. The van der Waals surface area contributed by atoms with Gasteiger partial charge in [0.1, 0.15) is 23.2 Å². The lowest BCUT2D eigenvalue weighted by molar-refractivity contribution is 0.775. The van der Waals surface area contributed by atoms with Crippen molar-refractivity contribution < 1.29 is 0 Å². The zero-order chi connectivity index (χ0) is 17.7. The van der Waals surface area contributed by atoms with Crippen molar-refractivity contribution in [2.75, 3.05) is 6.16 Å². The Labute approximate surface area is 156 Å². The molecule has 1 heterocycles.